The van der Waals surface area contributed by atoms with Crippen LogP contribution in [0.1, 0.15) is 69.1 Å². The van der Waals surface area contributed by atoms with Gasteiger partial charge in [0, 0.05) is 0 Å². The second-order valence-electron chi connectivity index (χ2n) is 5.13. The lowest BCUT2D eigenvalue weighted by molar-refractivity contribution is 0.662. The van der Waals surface area contributed by atoms with E-state index in [2.05, 4.69) is 39.0 Å². The fourth-order valence-electron chi connectivity index (χ4n) is 2.45. The van der Waals surface area contributed by atoms with Gasteiger partial charge in [-0.25, -0.2) is 0 Å². The van der Waals surface area contributed by atoms with E-state index in [1.54, 1.807) is 11.1 Å². The number of unbranched alkanes of at least 4 members (excludes halogenated alkanes) is 4. The smallest absolute Gasteiger partial charge is 0.0274 e. The van der Waals surface area contributed by atoms with Crippen molar-refractivity contribution in [3.05, 3.63) is 34.9 Å². The van der Waals surface area contributed by atoms with E-state index >= 15 is 0 Å². The summed E-state index contributed by atoms with van der Waals surface area (Å²) >= 11 is 0. The molecular weight excluding hydrogens is 204 g/mol. The highest BCUT2D eigenvalue weighted by atomic mass is 14.1. The monoisotopic (exact) mass is 232 g/mol. The van der Waals surface area contributed by atoms with Crippen LogP contribution in [0.4, 0.5) is 0 Å². The van der Waals surface area contributed by atoms with Crippen molar-refractivity contribution >= 4 is 0 Å². The summed E-state index contributed by atoms with van der Waals surface area (Å²) in [7, 11) is 0. The SMILES string of the molecule is CCCCCCc1cccc(C)c1CCCC. The van der Waals surface area contributed by atoms with Crippen molar-refractivity contribution in [2.45, 2.75) is 72.1 Å². The van der Waals surface area contributed by atoms with E-state index in [1.165, 1.54) is 56.9 Å². The predicted molar refractivity (Wildman–Crippen MR) is 77.6 cm³/mol. The highest BCUT2D eigenvalue weighted by Gasteiger charge is 2.04. The first kappa shape index (κ1) is 14.3. The Labute approximate surface area is 107 Å². The summed E-state index contributed by atoms with van der Waals surface area (Å²) in [6.07, 6.45) is 10.6. The van der Waals surface area contributed by atoms with E-state index in [0.29, 0.717) is 0 Å². The Morgan fingerprint density at radius 3 is 2.29 bits per heavy atom. The molecule has 0 saturated carbocycles. The largest absolute Gasteiger partial charge is 0.0654 e. The van der Waals surface area contributed by atoms with Gasteiger partial charge in [-0.05, 0) is 49.3 Å². The molecule has 0 aliphatic carbocycles. The maximum absolute atomic E-state index is 2.34. The molecule has 0 amide bonds. The normalized spacial score (nSPS) is 10.8. The minimum absolute atomic E-state index is 1.27. The van der Waals surface area contributed by atoms with Crippen molar-refractivity contribution in [2.24, 2.45) is 0 Å². The van der Waals surface area contributed by atoms with Gasteiger partial charge in [-0.1, -0.05) is 57.7 Å². The maximum Gasteiger partial charge on any atom is -0.0274 e. The van der Waals surface area contributed by atoms with Crippen LogP contribution in [0.3, 0.4) is 0 Å². The molecule has 0 aliphatic heterocycles. The highest BCUT2D eigenvalue weighted by Crippen LogP contribution is 2.19. The average Bonchev–Trinajstić information content (AvgIpc) is 2.34. The number of hydrogen-bond acceptors (Lipinski definition) is 0. The molecule has 0 saturated heterocycles. The summed E-state index contributed by atoms with van der Waals surface area (Å²) in [5.74, 6) is 0. The topological polar surface area (TPSA) is 0 Å². The second-order valence-corrected chi connectivity index (χ2v) is 5.13. The molecule has 0 unspecified atom stereocenters. The van der Waals surface area contributed by atoms with Crippen LogP contribution >= 0.6 is 0 Å². The summed E-state index contributed by atoms with van der Waals surface area (Å²) in [6, 6.07) is 6.82. The summed E-state index contributed by atoms with van der Waals surface area (Å²) in [5.41, 5.74) is 4.73. The molecule has 1 aromatic rings. The Hall–Kier alpha value is -0.780. The van der Waals surface area contributed by atoms with E-state index < -0.39 is 0 Å². The van der Waals surface area contributed by atoms with Gasteiger partial charge in [-0.3, -0.25) is 0 Å². The zero-order chi connectivity index (χ0) is 12.5. The molecule has 0 heterocycles. The summed E-state index contributed by atoms with van der Waals surface area (Å²) in [5, 5.41) is 0. The van der Waals surface area contributed by atoms with Crippen LogP contribution < -0.4 is 0 Å². The molecule has 17 heavy (non-hydrogen) atoms. The molecule has 0 radical (unpaired) electrons. The fraction of sp³-hybridized carbons (Fsp3) is 0.647. The van der Waals surface area contributed by atoms with E-state index in [-0.39, 0.29) is 0 Å². The van der Waals surface area contributed by atoms with Crippen LogP contribution in [-0.2, 0) is 12.8 Å². The molecule has 1 aromatic carbocycles. The van der Waals surface area contributed by atoms with Gasteiger partial charge in [-0.2, -0.15) is 0 Å². The average molecular weight is 232 g/mol. The van der Waals surface area contributed by atoms with Gasteiger partial charge in [0.2, 0.25) is 0 Å². The van der Waals surface area contributed by atoms with Crippen LogP contribution in [0.15, 0.2) is 18.2 Å². The summed E-state index contributed by atoms with van der Waals surface area (Å²) in [4.78, 5) is 0. The van der Waals surface area contributed by atoms with Gasteiger partial charge >= 0.3 is 0 Å². The minimum atomic E-state index is 1.27. The van der Waals surface area contributed by atoms with Crippen molar-refractivity contribution in [1.29, 1.82) is 0 Å². The second kappa shape index (κ2) is 8.33. The zero-order valence-corrected chi connectivity index (χ0v) is 11.9. The molecule has 0 N–H and O–H groups in total. The van der Waals surface area contributed by atoms with Gasteiger partial charge in [0.1, 0.15) is 0 Å². The Morgan fingerprint density at radius 1 is 0.824 bits per heavy atom. The molecule has 0 atom stereocenters. The standard InChI is InChI=1S/C17H28/c1-4-6-8-9-12-16-13-10-11-15(3)17(16)14-7-5-2/h10-11,13H,4-9,12,14H2,1-3H3. The Balaban J connectivity index is 2.59. The maximum atomic E-state index is 2.34. The third kappa shape index (κ3) is 4.93. The van der Waals surface area contributed by atoms with Crippen molar-refractivity contribution in [1.82, 2.24) is 0 Å². The van der Waals surface area contributed by atoms with Crippen LogP contribution in [0.25, 0.3) is 0 Å². The van der Waals surface area contributed by atoms with Crippen LogP contribution in [0.2, 0.25) is 0 Å². The Morgan fingerprint density at radius 2 is 1.59 bits per heavy atom. The van der Waals surface area contributed by atoms with Crippen molar-refractivity contribution in [3.63, 3.8) is 0 Å². The van der Waals surface area contributed by atoms with E-state index in [1.807, 2.05) is 0 Å². The van der Waals surface area contributed by atoms with E-state index in [0.717, 1.165) is 0 Å². The summed E-state index contributed by atoms with van der Waals surface area (Å²) in [6.45, 7) is 6.82. The molecular formula is C17H28. The van der Waals surface area contributed by atoms with Crippen molar-refractivity contribution in [2.75, 3.05) is 0 Å². The third-order valence-electron chi connectivity index (χ3n) is 3.59. The van der Waals surface area contributed by atoms with E-state index in [9.17, 15) is 0 Å². The van der Waals surface area contributed by atoms with Crippen molar-refractivity contribution < 1.29 is 0 Å². The molecule has 0 bridgehead atoms. The minimum Gasteiger partial charge on any atom is -0.0654 e. The quantitative estimate of drug-likeness (QED) is 0.522. The molecule has 1 rings (SSSR count). The van der Waals surface area contributed by atoms with Gasteiger partial charge in [0.05, 0.1) is 0 Å². The molecule has 0 fully saturated rings. The number of benzene rings is 1. The Bertz CT molecular complexity index is 312. The lowest BCUT2D eigenvalue weighted by atomic mass is 9.94. The molecule has 0 aliphatic rings. The number of hydrogen-bond donors (Lipinski definition) is 0. The van der Waals surface area contributed by atoms with Crippen molar-refractivity contribution in [3.8, 4) is 0 Å². The molecule has 0 aromatic heterocycles. The number of rotatable bonds is 8. The first-order valence-corrected chi connectivity index (χ1v) is 7.37. The fourth-order valence-corrected chi connectivity index (χ4v) is 2.45. The lowest BCUT2D eigenvalue weighted by Gasteiger charge is -2.12. The molecule has 0 spiro atoms. The lowest BCUT2D eigenvalue weighted by Crippen LogP contribution is -1.98. The molecule has 0 nitrogen and oxygen atoms in total. The van der Waals surface area contributed by atoms with Crippen LogP contribution in [-0.4, -0.2) is 0 Å². The van der Waals surface area contributed by atoms with Gasteiger partial charge in [-0.15, -0.1) is 0 Å². The predicted octanol–water partition coefficient (Wildman–Crippen LogP) is 5.46. The van der Waals surface area contributed by atoms with Crippen LogP contribution in [0.5, 0.6) is 0 Å². The Kier molecular flexibility index (Phi) is 7.00. The summed E-state index contributed by atoms with van der Waals surface area (Å²) < 4.78 is 0. The molecule has 0 heteroatoms. The van der Waals surface area contributed by atoms with Gasteiger partial charge in [0.25, 0.3) is 0 Å². The first-order valence-electron chi connectivity index (χ1n) is 7.37. The van der Waals surface area contributed by atoms with Gasteiger partial charge < -0.3 is 0 Å². The molecule has 96 valence electrons. The van der Waals surface area contributed by atoms with E-state index in [4.69, 9.17) is 0 Å². The highest BCUT2D eigenvalue weighted by molar-refractivity contribution is 5.34. The number of aryl methyl sites for hydroxylation is 2. The van der Waals surface area contributed by atoms with Crippen LogP contribution in [0, 0.1) is 6.92 Å². The third-order valence-corrected chi connectivity index (χ3v) is 3.59. The van der Waals surface area contributed by atoms with Gasteiger partial charge in [0.15, 0.2) is 0 Å². The first-order chi connectivity index (χ1) is 8.29. The zero-order valence-electron chi connectivity index (χ0n) is 11.9.